The Bertz CT molecular complexity index is 454. The number of hydrogen-bond acceptors (Lipinski definition) is 3. The Kier molecular flexibility index (Phi) is 2.94. The molecule has 0 aliphatic carbocycles. The maximum Gasteiger partial charge on any atom is 0.242 e. The lowest BCUT2D eigenvalue weighted by atomic mass is 10.2. The molecule has 0 saturated carbocycles. The van der Waals surface area contributed by atoms with Crippen LogP contribution in [0.25, 0.3) is 11.5 Å². The predicted molar refractivity (Wildman–Crippen MR) is 64.1 cm³/mol. The summed E-state index contributed by atoms with van der Waals surface area (Å²) in [6.45, 7) is 5.18. The van der Waals surface area contributed by atoms with E-state index in [1.807, 2.05) is 29.9 Å². The summed E-state index contributed by atoms with van der Waals surface area (Å²) in [6.07, 6.45) is 1.99. The van der Waals surface area contributed by atoms with Crippen LogP contribution in [0.15, 0.2) is 18.3 Å². The average molecular weight is 219 g/mol. The second-order valence-electron chi connectivity index (χ2n) is 4.29. The lowest BCUT2D eigenvalue weighted by Gasteiger charge is -2.03. The number of anilines is 1. The third kappa shape index (κ3) is 2.24. The maximum absolute atomic E-state index is 4.39. The standard InChI is InChI=1S/C11H17N5/c1-8(2)7-12-11-13-10(14-15-11)9-5-4-6-16(9)3/h4-6,8H,7H2,1-3H3,(H2,12,13,14,15). The van der Waals surface area contributed by atoms with Crippen LogP contribution in [0.1, 0.15) is 13.8 Å². The van der Waals surface area contributed by atoms with Gasteiger partial charge in [0.2, 0.25) is 5.95 Å². The molecule has 0 saturated heterocycles. The summed E-state index contributed by atoms with van der Waals surface area (Å²) in [4.78, 5) is 4.39. The molecule has 0 fully saturated rings. The van der Waals surface area contributed by atoms with Crippen LogP contribution in [0.3, 0.4) is 0 Å². The first-order valence-corrected chi connectivity index (χ1v) is 5.45. The van der Waals surface area contributed by atoms with Crippen molar-refractivity contribution in [1.29, 1.82) is 0 Å². The molecule has 5 heteroatoms. The molecule has 0 radical (unpaired) electrons. The molecule has 0 atom stereocenters. The Morgan fingerprint density at radius 1 is 1.50 bits per heavy atom. The largest absolute Gasteiger partial charge is 0.353 e. The molecular formula is C11H17N5. The van der Waals surface area contributed by atoms with Crippen molar-refractivity contribution >= 4 is 5.95 Å². The highest BCUT2D eigenvalue weighted by Crippen LogP contribution is 2.15. The van der Waals surface area contributed by atoms with Gasteiger partial charge in [0, 0.05) is 19.8 Å². The zero-order chi connectivity index (χ0) is 11.5. The minimum atomic E-state index is 0.581. The minimum Gasteiger partial charge on any atom is -0.353 e. The molecule has 0 spiro atoms. The first kappa shape index (κ1) is 10.7. The normalized spacial score (nSPS) is 11.0. The van der Waals surface area contributed by atoms with Gasteiger partial charge in [-0.25, -0.2) is 0 Å². The molecule has 0 unspecified atom stereocenters. The van der Waals surface area contributed by atoms with E-state index in [0.717, 1.165) is 18.1 Å². The van der Waals surface area contributed by atoms with Gasteiger partial charge in [0.15, 0.2) is 5.82 Å². The first-order chi connectivity index (χ1) is 7.66. The van der Waals surface area contributed by atoms with Crippen molar-refractivity contribution in [3.63, 3.8) is 0 Å². The van der Waals surface area contributed by atoms with Crippen molar-refractivity contribution in [1.82, 2.24) is 19.7 Å². The van der Waals surface area contributed by atoms with Crippen LogP contribution in [-0.4, -0.2) is 26.3 Å². The van der Waals surface area contributed by atoms with Crippen LogP contribution in [0.4, 0.5) is 5.95 Å². The predicted octanol–water partition coefficient (Wildman–Crippen LogP) is 1.88. The smallest absolute Gasteiger partial charge is 0.242 e. The number of aromatic nitrogens is 4. The highest BCUT2D eigenvalue weighted by molar-refractivity contribution is 5.51. The van der Waals surface area contributed by atoms with Gasteiger partial charge in [0.05, 0.1) is 5.69 Å². The third-order valence-electron chi connectivity index (χ3n) is 2.34. The molecule has 2 N–H and O–H groups in total. The summed E-state index contributed by atoms with van der Waals surface area (Å²) >= 11 is 0. The van der Waals surface area contributed by atoms with Gasteiger partial charge in [-0.3, -0.25) is 5.10 Å². The summed E-state index contributed by atoms with van der Waals surface area (Å²) in [5.74, 6) is 2.03. The van der Waals surface area contributed by atoms with Crippen LogP contribution in [0.5, 0.6) is 0 Å². The fourth-order valence-electron chi connectivity index (χ4n) is 1.46. The van der Waals surface area contributed by atoms with Crippen LogP contribution in [0, 0.1) is 5.92 Å². The van der Waals surface area contributed by atoms with E-state index in [-0.39, 0.29) is 0 Å². The summed E-state index contributed by atoms with van der Waals surface area (Å²) in [7, 11) is 1.99. The maximum atomic E-state index is 4.39. The van der Waals surface area contributed by atoms with Gasteiger partial charge in [-0.2, -0.15) is 4.98 Å². The number of nitrogens with one attached hydrogen (secondary N) is 2. The Labute approximate surface area is 94.9 Å². The topological polar surface area (TPSA) is 58.5 Å². The lowest BCUT2D eigenvalue weighted by Crippen LogP contribution is -2.08. The monoisotopic (exact) mass is 219 g/mol. The molecule has 0 bridgehead atoms. The molecular weight excluding hydrogens is 202 g/mol. The SMILES string of the molecule is CC(C)CNc1n[nH]c(-c2cccn2C)n1. The Hall–Kier alpha value is -1.78. The molecule has 0 aromatic carbocycles. The van der Waals surface area contributed by atoms with Gasteiger partial charge in [-0.1, -0.05) is 13.8 Å². The van der Waals surface area contributed by atoms with Crippen LogP contribution >= 0.6 is 0 Å². The molecule has 2 aromatic heterocycles. The third-order valence-corrected chi connectivity index (χ3v) is 2.34. The summed E-state index contributed by atoms with van der Waals surface area (Å²) in [5.41, 5.74) is 1.03. The molecule has 0 aliphatic heterocycles. The van der Waals surface area contributed by atoms with E-state index in [1.165, 1.54) is 0 Å². The minimum absolute atomic E-state index is 0.581. The molecule has 5 nitrogen and oxygen atoms in total. The summed E-state index contributed by atoms with van der Waals surface area (Å²) in [5, 5.41) is 10.2. The van der Waals surface area contributed by atoms with Gasteiger partial charge in [-0.05, 0) is 18.1 Å². The Morgan fingerprint density at radius 3 is 2.94 bits per heavy atom. The molecule has 0 aliphatic rings. The Morgan fingerprint density at radius 2 is 2.31 bits per heavy atom. The first-order valence-electron chi connectivity index (χ1n) is 5.45. The zero-order valence-corrected chi connectivity index (χ0v) is 9.86. The van der Waals surface area contributed by atoms with Crippen molar-refractivity contribution in [2.75, 3.05) is 11.9 Å². The number of aryl methyl sites for hydroxylation is 1. The molecule has 0 amide bonds. The van der Waals surface area contributed by atoms with Gasteiger partial charge in [0.1, 0.15) is 0 Å². The molecule has 86 valence electrons. The summed E-state index contributed by atoms with van der Waals surface area (Å²) in [6, 6.07) is 3.99. The molecule has 2 aromatic rings. The fourth-order valence-corrected chi connectivity index (χ4v) is 1.46. The quantitative estimate of drug-likeness (QED) is 0.825. The molecule has 2 rings (SSSR count). The van der Waals surface area contributed by atoms with Crippen LogP contribution in [-0.2, 0) is 7.05 Å². The number of hydrogen-bond donors (Lipinski definition) is 2. The molecule has 2 heterocycles. The number of aromatic amines is 1. The van der Waals surface area contributed by atoms with E-state index < -0.39 is 0 Å². The van der Waals surface area contributed by atoms with Crippen molar-refractivity contribution in [3.8, 4) is 11.5 Å². The van der Waals surface area contributed by atoms with E-state index >= 15 is 0 Å². The van der Waals surface area contributed by atoms with Gasteiger partial charge in [-0.15, -0.1) is 5.10 Å². The van der Waals surface area contributed by atoms with E-state index in [4.69, 9.17) is 0 Å². The lowest BCUT2D eigenvalue weighted by molar-refractivity contribution is 0.685. The van der Waals surface area contributed by atoms with Crippen LogP contribution in [0.2, 0.25) is 0 Å². The zero-order valence-electron chi connectivity index (χ0n) is 9.86. The number of rotatable bonds is 4. The number of nitrogens with zero attached hydrogens (tertiary/aromatic N) is 3. The Balaban J connectivity index is 2.11. The van der Waals surface area contributed by atoms with Gasteiger partial charge in [0.25, 0.3) is 0 Å². The van der Waals surface area contributed by atoms with Crippen molar-refractivity contribution in [2.45, 2.75) is 13.8 Å². The van der Waals surface area contributed by atoms with Gasteiger partial charge < -0.3 is 9.88 Å². The van der Waals surface area contributed by atoms with E-state index in [0.29, 0.717) is 11.9 Å². The van der Waals surface area contributed by atoms with Crippen molar-refractivity contribution < 1.29 is 0 Å². The highest BCUT2D eigenvalue weighted by Gasteiger charge is 2.07. The highest BCUT2D eigenvalue weighted by atomic mass is 15.3. The summed E-state index contributed by atoms with van der Waals surface area (Å²) < 4.78 is 2.01. The van der Waals surface area contributed by atoms with Crippen molar-refractivity contribution in [3.05, 3.63) is 18.3 Å². The second-order valence-corrected chi connectivity index (χ2v) is 4.29. The fraction of sp³-hybridized carbons (Fsp3) is 0.455. The average Bonchev–Trinajstić information content (AvgIpc) is 2.83. The molecule has 16 heavy (non-hydrogen) atoms. The van der Waals surface area contributed by atoms with Gasteiger partial charge >= 0.3 is 0 Å². The van der Waals surface area contributed by atoms with E-state index in [9.17, 15) is 0 Å². The second kappa shape index (κ2) is 4.38. The van der Waals surface area contributed by atoms with E-state index in [1.54, 1.807) is 0 Å². The number of H-pyrrole nitrogens is 1. The van der Waals surface area contributed by atoms with Crippen molar-refractivity contribution in [2.24, 2.45) is 13.0 Å². The van der Waals surface area contributed by atoms with Crippen LogP contribution < -0.4 is 5.32 Å². The van der Waals surface area contributed by atoms with E-state index in [2.05, 4.69) is 34.3 Å².